The Bertz CT molecular complexity index is 488. The summed E-state index contributed by atoms with van der Waals surface area (Å²) in [7, 11) is 1.67. The summed E-state index contributed by atoms with van der Waals surface area (Å²) in [4.78, 5) is 0. The maximum Gasteiger partial charge on any atom is 0.0820 e. The Labute approximate surface area is 102 Å². The highest BCUT2D eigenvalue weighted by atomic mass is 16.5. The number of benzene rings is 2. The molecule has 0 fully saturated rings. The zero-order valence-corrected chi connectivity index (χ0v) is 10.3. The molecule has 2 aromatic carbocycles. The number of fused-ring (bicyclic) bond motifs is 1. The van der Waals surface area contributed by atoms with Crippen molar-refractivity contribution in [3.63, 3.8) is 0 Å². The minimum absolute atomic E-state index is 0.0592. The summed E-state index contributed by atoms with van der Waals surface area (Å²) in [5.74, 6) is 0. The number of methoxy groups -OCH3 is 1. The summed E-state index contributed by atoms with van der Waals surface area (Å²) >= 11 is 0. The van der Waals surface area contributed by atoms with E-state index in [1.54, 1.807) is 7.11 Å². The van der Waals surface area contributed by atoms with Crippen molar-refractivity contribution in [3.8, 4) is 0 Å². The molecule has 0 aliphatic heterocycles. The molecule has 90 valence electrons. The average Bonchev–Trinajstić information content (AvgIpc) is 2.37. The minimum atomic E-state index is -0.476. The van der Waals surface area contributed by atoms with E-state index in [1.807, 2.05) is 37.3 Å². The Morgan fingerprint density at radius 3 is 2.59 bits per heavy atom. The van der Waals surface area contributed by atoms with Crippen molar-refractivity contribution in [3.05, 3.63) is 48.0 Å². The molecule has 2 rings (SSSR count). The van der Waals surface area contributed by atoms with Gasteiger partial charge < -0.3 is 9.84 Å². The summed E-state index contributed by atoms with van der Waals surface area (Å²) in [5, 5.41) is 12.5. The molecule has 2 atom stereocenters. The van der Waals surface area contributed by atoms with Gasteiger partial charge in [-0.15, -0.1) is 0 Å². The second-order valence-electron chi connectivity index (χ2n) is 4.37. The Balaban J connectivity index is 2.34. The first-order valence-corrected chi connectivity index (χ1v) is 5.91. The van der Waals surface area contributed by atoms with Gasteiger partial charge in [0.15, 0.2) is 0 Å². The number of hydrogen-bond acceptors (Lipinski definition) is 2. The molecule has 0 heterocycles. The predicted molar refractivity (Wildman–Crippen MR) is 70.0 cm³/mol. The van der Waals surface area contributed by atoms with Gasteiger partial charge in [-0.1, -0.05) is 42.5 Å². The largest absolute Gasteiger partial charge is 0.388 e. The van der Waals surface area contributed by atoms with E-state index in [2.05, 4.69) is 12.1 Å². The van der Waals surface area contributed by atoms with E-state index in [4.69, 9.17) is 4.74 Å². The highest BCUT2D eigenvalue weighted by molar-refractivity contribution is 5.85. The van der Waals surface area contributed by atoms with Gasteiger partial charge in [-0.05, 0) is 23.3 Å². The lowest BCUT2D eigenvalue weighted by Crippen LogP contribution is -2.11. The first-order valence-electron chi connectivity index (χ1n) is 5.91. The first kappa shape index (κ1) is 12.1. The van der Waals surface area contributed by atoms with Crippen molar-refractivity contribution in [2.45, 2.75) is 25.6 Å². The van der Waals surface area contributed by atoms with Crippen LogP contribution in [-0.2, 0) is 4.74 Å². The van der Waals surface area contributed by atoms with E-state index >= 15 is 0 Å². The van der Waals surface area contributed by atoms with Crippen LogP contribution in [0.2, 0.25) is 0 Å². The van der Waals surface area contributed by atoms with E-state index in [1.165, 1.54) is 0 Å². The molecule has 1 N–H and O–H groups in total. The zero-order chi connectivity index (χ0) is 12.3. The second-order valence-corrected chi connectivity index (χ2v) is 4.37. The molecule has 0 saturated heterocycles. The van der Waals surface area contributed by atoms with Crippen molar-refractivity contribution in [1.29, 1.82) is 0 Å². The first-order chi connectivity index (χ1) is 8.22. The average molecular weight is 230 g/mol. The Morgan fingerprint density at radius 2 is 1.82 bits per heavy atom. The highest BCUT2D eigenvalue weighted by Gasteiger charge is 2.14. The fourth-order valence-electron chi connectivity index (χ4n) is 2.08. The van der Waals surface area contributed by atoms with Crippen LogP contribution in [0.3, 0.4) is 0 Å². The molecule has 2 unspecified atom stereocenters. The smallest absolute Gasteiger partial charge is 0.0820 e. The van der Waals surface area contributed by atoms with Crippen LogP contribution in [0.5, 0.6) is 0 Å². The van der Waals surface area contributed by atoms with Crippen molar-refractivity contribution in [2.75, 3.05) is 7.11 Å². The van der Waals surface area contributed by atoms with E-state index in [0.717, 1.165) is 16.3 Å². The van der Waals surface area contributed by atoms with Gasteiger partial charge in [-0.2, -0.15) is 0 Å². The molecular weight excluding hydrogens is 212 g/mol. The van der Waals surface area contributed by atoms with Gasteiger partial charge in [0, 0.05) is 13.5 Å². The zero-order valence-electron chi connectivity index (χ0n) is 10.3. The van der Waals surface area contributed by atoms with E-state index in [0.29, 0.717) is 6.42 Å². The minimum Gasteiger partial charge on any atom is -0.388 e. The maximum atomic E-state index is 10.2. The summed E-state index contributed by atoms with van der Waals surface area (Å²) in [6.45, 7) is 1.97. The third-order valence-corrected chi connectivity index (χ3v) is 3.14. The molecule has 0 aromatic heterocycles. The highest BCUT2D eigenvalue weighted by Crippen LogP contribution is 2.27. The lowest BCUT2D eigenvalue weighted by Gasteiger charge is -2.17. The summed E-state index contributed by atoms with van der Waals surface area (Å²) in [5.41, 5.74) is 0.979. The monoisotopic (exact) mass is 230 g/mol. The summed E-state index contributed by atoms with van der Waals surface area (Å²) in [6, 6.07) is 14.1. The van der Waals surface area contributed by atoms with Crippen molar-refractivity contribution >= 4 is 10.8 Å². The molecule has 0 radical (unpaired) electrons. The SMILES string of the molecule is COC(C)CC(O)c1cccc2ccccc12. The molecular formula is C15H18O2. The standard InChI is InChI=1S/C15H18O2/c1-11(17-2)10-15(16)14-9-5-7-12-6-3-4-8-13(12)14/h3-9,11,15-16H,10H2,1-2H3. The van der Waals surface area contributed by atoms with Crippen LogP contribution >= 0.6 is 0 Å². The van der Waals surface area contributed by atoms with Gasteiger partial charge in [0.25, 0.3) is 0 Å². The van der Waals surface area contributed by atoms with Crippen LogP contribution in [0.4, 0.5) is 0 Å². The second kappa shape index (κ2) is 5.30. The lowest BCUT2D eigenvalue weighted by atomic mass is 9.97. The van der Waals surface area contributed by atoms with Gasteiger partial charge in [0.2, 0.25) is 0 Å². The van der Waals surface area contributed by atoms with Crippen LogP contribution < -0.4 is 0 Å². The van der Waals surface area contributed by atoms with Crippen molar-refractivity contribution in [1.82, 2.24) is 0 Å². The molecule has 2 aromatic rings. The Kier molecular flexibility index (Phi) is 3.77. The number of hydrogen-bond donors (Lipinski definition) is 1. The van der Waals surface area contributed by atoms with Crippen molar-refractivity contribution < 1.29 is 9.84 Å². The van der Waals surface area contributed by atoms with Crippen LogP contribution in [-0.4, -0.2) is 18.3 Å². The van der Waals surface area contributed by atoms with Gasteiger partial charge in [-0.25, -0.2) is 0 Å². The summed E-state index contributed by atoms with van der Waals surface area (Å²) < 4.78 is 5.19. The molecule has 0 bridgehead atoms. The van der Waals surface area contributed by atoms with E-state index < -0.39 is 6.10 Å². The number of aliphatic hydroxyl groups is 1. The maximum absolute atomic E-state index is 10.2. The molecule has 0 amide bonds. The van der Waals surface area contributed by atoms with Gasteiger partial charge in [0.1, 0.15) is 0 Å². The number of aliphatic hydroxyl groups excluding tert-OH is 1. The molecule has 0 aliphatic rings. The van der Waals surface area contributed by atoms with E-state index in [9.17, 15) is 5.11 Å². The third kappa shape index (κ3) is 2.65. The van der Waals surface area contributed by atoms with Crippen LogP contribution in [0.15, 0.2) is 42.5 Å². The van der Waals surface area contributed by atoms with Crippen LogP contribution in [0.1, 0.15) is 25.0 Å². The Hall–Kier alpha value is -1.38. The normalized spacial score (nSPS) is 14.8. The van der Waals surface area contributed by atoms with Crippen molar-refractivity contribution in [2.24, 2.45) is 0 Å². The number of ether oxygens (including phenoxy) is 1. The third-order valence-electron chi connectivity index (χ3n) is 3.14. The quantitative estimate of drug-likeness (QED) is 0.873. The number of rotatable bonds is 4. The molecule has 0 aliphatic carbocycles. The molecule has 0 saturated carbocycles. The molecule has 2 heteroatoms. The topological polar surface area (TPSA) is 29.5 Å². The molecule has 2 nitrogen and oxygen atoms in total. The summed E-state index contributed by atoms with van der Waals surface area (Å²) in [6.07, 6.45) is 0.199. The van der Waals surface area contributed by atoms with Gasteiger partial charge in [0.05, 0.1) is 12.2 Å². The van der Waals surface area contributed by atoms with Crippen LogP contribution in [0, 0.1) is 0 Å². The van der Waals surface area contributed by atoms with Gasteiger partial charge >= 0.3 is 0 Å². The van der Waals surface area contributed by atoms with E-state index in [-0.39, 0.29) is 6.10 Å². The molecule has 17 heavy (non-hydrogen) atoms. The predicted octanol–water partition coefficient (Wildman–Crippen LogP) is 3.30. The Morgan fingerprint density at radius 1 is 1.12 bits per heavy atom. The molecule has 0 spiro atoms. The lowest BCUT2D eigenvalue weighted by molar-refractivity contribution is 0.0565. The van der Waals surface area contributed by atoms with Gasteiger partial charge in [-0.3, -0.25) is 0 Å². The van der Waals surface area contributed by atoms with Crippen LogP contribution in [0.25, 0.3) is 10.8 Å². The fourth-order valence-corrected chi connectivity index (χ4v) is 2.08. The fraction of sp³-hybridized carbons (Fsp3) is 0.333.